The van der Waals surface area contributed by atoms with E-state index >= 15 is 0 Å². The van der Waals surface area contributed by atoms with Crippen LogP contribution in [-0.4, -0.2) is 5.84 Å². The SMILES string of the molecule is NC1=NN(c2cccc(F)c2)C(c2ccccc2)C1. The van der Waals surface area contributed by atoms with Crippen molar-refractivity contribution in [3.63, 3.8) is 0 Å². The molecule has 1 atom stereocenters. The number of hydrogen-bond acceptors (Lipinski definition) is 3. The van der Waals surface area contributed by atoms with Crippen LogP contribution in [0.3, 0.4) is 0 Å². The topological polar surface area (TPSA) is 41.6 Å². The number of halogens is 1. The summed E-state index contributed by atoms with van der Waals surface area (Å²) in [6.45, 7) is 0. The van der Waals surface area contributed by atoms with Crippen molar-refractivity contribution in [2.45, 2.75) is 12.5 Å². The monoisotopic (exact) mass is 255 g/mol. The molecule has 1 unspecified atom stereocenters. The molecule has 3 rings (SSSR count). The maximum Gasteiger partial charge on any atom is 0.125 e. The summed E-state index contributed by atoms with van der Waals surface area (Å²) in [5.74, 6) is 0.295. The fraction of sp³-hybridized carbons (Fsp3) is 0.133. The molecule has 2 aromatic rings. The van der Waals surface area contributed by atoms with Crippen molar-refractivity contribution in [3.05, 3.63) is 66.0 Å². The Morgan fingerprint density at radius 2 is 1.89 bits per heavy atom. The minimum absolute atomic E-state index is 0.0306. The molecule has 2 aromatic carbocycles. The van der Waals surface area contributed by atoms with Gasteiger partial charge in [-0.15, -0.1) is 0 Å². The number of nitrogens with two attached hydrogens (primary N) is 1. The summed E-state index contributed by atoms with van der Waals surface area (Å²) in [4.78, 5) is 0. The molecule has 1 aliphatic heterocycles. The lowest BCUT2D eigenvalue weighted by atomic mass is 10.0. The molecule has 0 amide bonds. The van der Waals surface area contributed by atoms with E-state index in [-0.39, 0.29) is 11.9 Å². The van der Waals surface area contributed by atoms with Crippen LogP contribution in [0.15, 0.2) is 59.7 Å². The highest BCUT2D eigenvalue weighted by atomic mass is 19.1. The van der Waals surface area contributed by atoms with Crippen LogP contribution < -0.4 is 10.7 Å². The lowest BCUT2D eigenvalue weighted by Gasteiger charge is -2.23. The Bertz CT molecular complexity index is 610. The number of benzene rings is 2. The van der Waals surface area contributed by atoms with Crippen LogP contribution in [0.4, 0.5) is 10.1 Å². The summed E-state index contributed by atoms with van der Waals surface area (Å²) in [7, 11) is 0. The van der Waals surface area contributed by atoms with Gasteiger partial charge in [0.15, 0.2) is 0 Å². The molecule has 3 nitrogen and oxygen atoms in total. The van der Waals surface area contributed by atoms with E-state index < -0.39 is 0 Å². The molecule has 1 heterocycles. The molecule has 0 saturated heterocycles. The van der Waals surface area contributed by atoms with E-state index in [1.807, 2.05) is 36.4 Å². The van der Waals surface area contributed by atoms with Gasteiger partial charge < -0.3 is 5.73 Å². The average molecular weight is 255 g/mol. The quantitative estimate of drug-likeness (QED) is 0.896. The van der Waals surface area contributed by atoms with Gasteiger partial charge in [0.2, 0.25) is 0 Å². The first-order valence-corrected chi connectivity index (χ1v) is 6.17. The smallest absolute Gasteiger partial charge is 0.125 e. The highest BCUT2D eigenvalue weighted by molar-refractivity contribution is 5.85. The summed E-state index contributed by atoms with van der Waals surface area (Å²) >= 11 is 0. The number of amidine groups is 1. The Labute approximate surface area is 111 Å². The average Bonchev–Trinajstić information content (AvgIpc) is 2.82. The Kier molecular flexibility index (Phi) is 2.91. The number of anilines is 1. The van der Waals surface area contributed by atoms with E-state index in [2.05, 4.69) is 5.10 Å². The van der Waals surface area contributed by atoms with Gasteiger partial charge in [-0.05, 0) is 23.8 Å². The summed E-state index contributed by atoms with van der Waals surface area (Å²) < 4.78 is 13.3. The normalized spacial score (nSPS) is 18.5. The first kappa shape index (κ1) is 11.7. The van der Waals surface area contributed by atoms with Gasteiger partial charge in [-0.2, -0.15) is 5.10 Å². The molecule has 19 heavy (non-hydrogen) atoms. The fourth-order valence-electron chi connectivity index (χ4n) is 2.32. The Hall–Kier alpha value is -2.36. The van der Waals surface area contributed by atoms with Gasteiger partial charge in [-0.3, -0.25) is 5.01 Å². The lowest BCUT2D eigenvalue weighted by Crippen LogP contribution is -2.18. The van der Waals surface area contributed by atoms with Gasteiger partial charge in [0, 0.05) is 6.42 Å². The summed E-state index contributed by atoms with van der Waals surface area (Å²) in [6.07, 6.45) is 0.653. The standard InChI is InChI=1S/C15H14FN3/c16-12-7-4-8-13(9-12)19-14(10-15(17)18-19)11-5-2-1-3-6-11/h1-9,14H,10H2,(H2,17,18). The van der Waals surface area contributed by atoms with Gasteiger partial charge >= 0.3 is 0 Å². The maximum atomic E-state index is 13.3. The highest BCUT2D eigenvalue weighted by Crippen LogP contribution is 2.34. The van der Waals surface area contributed by atoms with Gasteiger partial charge in [0.25, 0.3) is 0 Å². The van der Waals surface area contributed by atoms with Gasteiger partial charge in [0.1, 0.15) is 11.7 Å². The van der Waals surface area contributed by atoms with Crippen LogP contribution in [0.1, 0.15) is 18.0 Å². The second-order valence-electron chi connectivity index (χ2n) is 4.55. The van der Waals surface area contributed by atoms with E-state index in [1.165, 1.54) is 12.1 Å². The second kappa shape index (κ2) is 4.72. The number of hydrazone groups is 1. The predicted octanol–water partition coefficient (Wildman–Crippen LogP) is 3.05. The van der Waals surface area contributed by atoms with E-state index in [0.29, 0.717) is 17.9 Å². The summed E-state index contributed by atoms with van der Waals surface area (Å²) in [5, 5.41) is 6.10. The van der Waals surface area contributed by atoms with Crippen LogP contribution in [0, 0.1) is 5.82 Å². The van der Waals surface area contributed by atoms with Gasteiger partial charge in [-0.25, -0.2) is 4.39 Å². The van der Waals surface area contributed by atoms with Gasteiger partial charge in [0.05, 0.1) is 11.7 Å². The van der Waals surface area contributed by atoms with Crippen molar-refractivity contribution in [1.29, 1.82) is 0 Å². The molecule has 4 heteroatoms. The van der Waals surface area contributed by atoms with Crippen LogP contribution in [0.5, 0.6) is 0 Å². The van der Waals surface area contributed by atoms with E-state index in [9.17, 15) is 4.39 Å². The molecule has 0 aromatic heterocycles. The summed E-state index contributed by atoms with van der Waals surface area (Å²) in [5.41, 5.74) is 7.68. The van der Waals surface area contributed by atoms with Crippen LogP contribution in [0.25, 0.3) is 0 Å². The molecule has 1 aliphatic rings. The molecule has 0 saturated carbocycles. The minimum Gasteiger partial charge on any atom is -0.386 e. The highest BCUT2D eigenvalue weighted by Gasteiger charge is 2.27. The maximum absolute atomic E-state index is 13.3. The fourth-order valence-corrected chi connectivity index (χ4v) is 2.32. The van der Waals surface area contributed by atoms with E-state index in [1.54, 1.807) is 11.1 Å². The molecule has 0 aliphatic carbocycles. The minimum atomic E-state index is -0.273. The zero-order valence-electron chi connectivity index (χ0n) is 10.3. The Morgan fingerprint density at radius 3 is 2.63 bits per heavy atom. The molecular formula is C15H14FN3. The molecule has 0 bridgehead atoms. The largest absolute Gasteiger partial charge is 0.386 e. The van der Waals surface area contributed by atoms with Crippen LogP contribution in [0.2, 0.25) is 0 Å². The molecule has 0 radical (unpaired) electrons. The molecular weight excluding hydrogens is 241 g/mol. The third-order valence-electron chi connectivity index (χ3n) is 3.19. The number of rotatable bonds is 2. The number of nitrogens with zero attached hydrogens (tertiary/aromatic N) is 2. The van der Waals surface area contributed by atoms with Crippen molar-refractivity contribution in [2.24, 2.45) is 10.8 Å². The third-order valence-corrected chi connectivity index (χ3v) is 3.19. The van der Waals surface area contributed by atoms with Crippen molar-refractivity contribution in [1.82, 2.24) is 0 Å². The van der Waals surface area contributed by atoms with Crippen LogP contribution in [-0.2, 0) is 0 Å². The predicted molar refractivity (Wildman–Crippen MR) is 74.3 cm³/mol. The number of hydrogen-bond donors (Lipinski definition) is 1. The molecule has 2 N–H and O–H groups in total. The lowest BCUT2D eigenvalue weighted by molar-refractivity contribution is 0.624. The Morgan fingerprint density at radius 1 is 1.11 bits per heavy atom. The Balaban J connectivity index is 1.98. The third kappa shape index (κ3) is 2.29. The molecule has 0 spiro atoms. The molecule has 96 valence electrons. The van der Waals surface area contributed by atoms with Crippen molar-refractivity contribution < 1.29 is 4.39 Å². The van der Waals surface area contributed by atoms with Crippen molar-refractivity contribution >= 4 is 11.5 Å². The van der Waals surface area contributed by atoms with E-state index in [0.717, 1.165) is 5.56 Å². The van der Waals surface area contributed by atoms with Crippen LogP contribution >= 0.6 is 0 Å². The molecule has 0 fully saturated rings. The van der Waals surface area contributed by atoms with Gasteiger partial charge in [-0.1, -0.05) is 36.4 Å². The summed E-state index contributed by atoms with van der Waals surface area (Å²) in [6, 6.07) is 16.4. The first-order valence-electron chi connectivity index (χ1n) is 6.17. The first-order chi connectivity index (χ1) is 9.24. The zero-order chi connectivity index (χ0) is 13.2. The van der Waals surface area contributed by atoms with Crippen molar-refractivity contribution in [3.8, 4) is 0 Å². The zero-order valence-corrected chi connectivity index (χ0v) is 10.3. The second-order valence-corrected chi connectivity index (χ2v) is 4.55. The van der Waals surface area contributed by atoms with Crippen molar-refractivity contribution in [2.75, 3.05) is 5.01 Å². The van der Waals surface area contributed by atoms with E-state index in [4.69, 9.17) is 5.73 Å².